The third-order valence-electron chi connectivity index (χ3n) is 6.74. The van der Waals surface area contributed by atoms with Gasteiger partial charge in [-0.05, 0) is 19.3 Å². The Morgan fingerprint density at radius 3 is 2.31 bits per heavy atom. The van der Waals surface area contributed by atoms with Crippen LogP contribution in [0.3, 0.4) is 0 Å². The van der Waals surface area contributed by atoms with Gasteiger partial charge in [-0.1, -0.05) is 0 Å². The van der Waals surface area contributed by atoms with Gasteiger partial charge < -0.3 is 28.8 Å². The average molecular weight is 530 g/mol. The van der Waals surface area contributed by atoms with Gasteiger partial charge in [-0.25, -0.2) is 0 Å². The molecule has 3 fully saturated rings. The SMILES string of the molecule is COC(C)(C)OC(=O)C1C2CC3C(OC(O)C31)C2OC(=O)CCC(=O)OC(C)C(F)(F)S(=O)(=O)O. The van der Waals surface area contributed by atoms with Crippen LogP contribution < -0.4 is 0 Å². The van der Waals surface area contributed by atoms with Gasteiger partial charge in [-0.15, -0.1) is 0 Å². The highest BCUT2D eigenvalue weighted by Gasteiger charge is 2.69. The topological polar surface area (TPSA) is 172 Å². The molecule has 0 aromatic rings. The molecule has 0 aromatic carbocycles. The number of halogens is 2. The fourth-order valence-corrected chi connectivity index (χ4v) is 5.42. The first-order valence-corrected chi connectivity index (χ1v) is 12.3. The van der Waals surface area contributed by atoms with Crippen LogP contribution in [-0.2, 0) is 48.2 Å². The predicted molar refractivity (Wildman–Crippen MR) is 108 cm³/mol. The van der Waals surface area contributed by atoms with Crippen LogP contribution in [0.5, 0.6) is 0 Å². The number of hydrogen-bond acceptors (Lipinski definition) is 11. The minimum absolute atomic E-state index is 0.260. The van der Waals surface area contributed by atoms with Crippen molar-refractivity contribution in [3.63, 3.8) is 0 Å². The maximum atomic E-state index is 13.5. The van der Waals surface area contributed by atoms with E-state index < -0.39 is 94.3 Å². The molecule has 2 N–H and O–H groups in total. The largest absolute Gasteiger partial charge is 0.459 e. The molecule has 12 nitrogen and oxygen atoms in total. The van der Waals surface area contributed by atoms with Crippen molar-refractivity contribution in [1.82, 2.24) is 0 Å². The van der Waals surface area contributed by atoms with E-state index in [2.05, 4.69) is 4.74 Å². The summed E-state index contributed by atoms with van der Waals surface area (Å²) >= 11 is 0. The number of ether oxygens (including phenoxy) is 5. The van der Waals surface area contributed by atoms with Crippen molar-refractivity contribution < 1.29 is 64.9 Å². The van der Waals surface area contributed by atoms with E-state index in [0.29, 0.717) is 13.3 Å². The standard InChI is InChI=1S/C20H28F2O12S/c1-8(20(21,22)35(27,28)29)31-11(23)5-6-12(24)32-15-10-7-9-13(17(25)33-16(9)15)14(10)18(26)34-19(2,3)30-4/h8-10,13-17,25H,5-7H2,1-4H3,(H,27,28,29). The Morgan fingerprint density at radius 2 is 1.74 bits per heavy atom. The quantitative estimate of drug-likeness (QED) is 0.175. The van der Waals surface area contributed by atoms with Crippen LogP contribution in [-0.4, -0.2) is 78.7 Å². The molecule has 1 saturated heterocycles. The number of carbonyl (C=O) groups excluding carboxylic acids is 3. The van der Waals surface area contributed by atoms with Gasteiger partial charge in [0.05, 0.1) is 18.8 Å². The lowest BCUT2D eigenvalue weighted by Gasteiger charge is -2.33. The molecule has 1 aliphatic heterocycles. The third-order valence-corrected chi connectivity index (χ3v) is 7.76. The Balaban J connectivity index is 1.59. The molecule has 8 unspecified atom stereocenters. The Labute approximate surface area is 199 Å². The number of alkyl halides is 2. The van der Waals surface area contributed by atoms with Crippen molar-refractivity contribution in [3.8, 4) is 0 Å². The lowest BCUT2D eigenvalue weighted by molar-refractivity contribution is -0.215. The Hall–Kier alpha value is -1.94. The molecule has 8 atom stereocenters. The van der Waals surface area contributed by atoms with Gasteiger partial charge in [0.15, 0.2) is 12.4 Å². The Morgan fingerprint density at radius 1 is 1.14 bits per heavy atom. The van der Waals surface area contributed by atoms with E-state index in [4.69, 9.17) is 23.5 Å². The number of aliphatic hydroxyl groups is 1. The first kappa shape index (κ1) is 27.6. The van der Waals surface area contributed by atoms with Crippen LogP contribution in [0.1, 0.15) is 40.0 Å². The van der Waals surface area contributed by atoms with Gasteiger partial charge in [0.25, 0.3) is 0 Å². The lowest BCUT2D eigenvalue weighted by Crippen LogP contribution is -2.45. The van der Waals surface area contributed by atoms with Gasteiger partial charge in [-0.3, -0.25) is 18.9 Å². The summed E-state index contributed by atoms with van der Waals surface area (Å²) in [7, 11) is -4.46. The van der Waals surface area contributed by atoms with Crippen LogP contribution in [0.25, 0.3) is 0 Å². The predicted octanol–water partition coefficient (Wildman–Crippen LogP) is 0.616. The molecule has 0 spiro atoms. The molecule has 0 aromatic heterocycles. The van der Waals surface area contributed by atoms with Gasteiger partial charge in [0.2, 0.25) is 5.79 Å². The van der Waals surface area contributed by atoms with E-state index >= 15 is 0 Å². The second-order valence-corrected chi connectivity index (χ2v) is 10.8. The third kappa shape index (κ3) is 5.28. The molecule has 200 valence electrons. The summed E-state index contributed by atoms with van der Waals surface area (Å²) < 4.78 is 82.8. The van der Waals surface area contributed by atoms with Crippen LogP contribution in [0.4, 0.5) is 8.78 Å². The zero-order chi connectivity index (χ0) is 26.5. The minimum Gasteiger partial charge on any atom is -0.459 e. The summed E-state index contributed by atoms with van der Waals surface area (Å²) in [6, 6.07) is 0. The van der Waals surface area contributed by atoms with E-state index in [1.807, 2.05) is 0 Å². The number of esters is 3. The maximum absolute atomic E-state index is 13.5. The number of methoxy groups -OCH3 is 1. The molecule has 35 heavy (non-hydrogen) atoms. The van der Waals surface area contributed by atoms with Gasteiger partial charge in [-0.2, -0.15) is 17.2 Å². The number of hydrogen-bond donors (Lipinski definition) is 2. The van der Waals surface area contributed by atoms with E-state index in [-0.39, 0.29) is 5.92 Å². The molecule has 0 radical (unpaired) electrons. The van der Waals surface area contributed by atoms with Crippen LogP contribution in [0.2, 0.25) is 0 Å². The molecule has 2 bridgehead atoms. The molecule has 2 aliphatic carbocycles. The summed E-state index contributed by atoms with van der Waals surface area (Å²) in [6.07, 6.45) is -6.21. The minimum atomic E-state index is -5.82. The summed E-state index contributed by atoms with van der Waals surface area (Å²) in [5, 5.41) is 5.59. The van der Waals surface area contributed by atoms with Gasteiger partial charge in [0.1, 0.15) is 12.2 Å². The van der Waals surface area contributed by atoms with E-state index in [1.165, 1.54) is 21.0 Å². The molecule has 2 saturated carbocycles. The second kappa shape index (κ2) is 9.50. The number of rotatable bonds is 10. The maximum Gasteiger partial charge on any atom is 0.405 e. The van der Waals surface area contributed by atoms with Crippen molar-refractivity contribution in [2.75, 3.05) is 7.11 Å². The molecule has 3 aliphatic rings. The first-order chi connectivity index (χ1) is 16.0. The van der Waals surface area contributed by atoms with E-state index in [9.17, 15) is 36.7 Å². The zero-order valence-electron chi connectivity index (χ0n) is 19.4. The summed E-state index contributed by atoms with van der Waals surface area (Å²) in [6.45, 7) is 3.64. The van der Waals surface area contributed by atoms with Crippen molar-refractivity contribution in [2.45, 2.75) is 75.7 Å². The Bertz CT molecular complexity index is 967. The number of carbonyl (C=O) groups is 3. The van der Waals surface area contributed by atoms with Crippen molar-refractivity contribution in [1.29, 1.82) is 0 Å². The molecular formula is C20H28F2O12S. The van der Waals surface area contributed by atoms with Crippen LogP contribution in [0, 0.1) is 23.7 Å². The van der Waals surface area contributed by atoms with Gasteiger partial charge >= 0.3 is 33.3 Å². The van der Waals surface area contributed by atoms with Gasteiger partial charge in [0, 0.05) is 32.8 Å². The zero-order valence-corrected chi connectivity index (χ0v) is 20.2. The monoisotopic (exact) mass is 530 g/mol. The summed E-state index contributed by atoms with van der Waals surface area (Å²) in [4.78, 5) is 37.0. The highest BCUT2D eigenvalue weighted by Crippen LogP contribution is 2.60. The van der Waals surface area contributed by atoms with Crippen molar-refractivity contribution in [2.24, 2.45) is 23.7 Å². The van der Waals surface area contributed by atoms with Crippen molar-refractivity contribution >= 4 is 28.0 Å². The summed E-state index contributed by atoms with van der Waals surface area (Å²) in [5.74, 6) is -6.24. The molecule has 3 rings (SSSR count). The summed E-state index contributed by atoms with van der Waals surface area (Å²) in [5.41, 5.74) is 0. The fourth-order valence-electron chi connectivity index (χ4n) is 4.96. The number of fused-ring (bicyclic) bond motifs is 1. The molecule has 15 heteroatoms. The first-order valence-electron chi connectivity index (χ1n) is 10.9. The Kier molecular flexibility index (Phi) is 7.50. The fraction of sp³-hybridized carbons (Fsp3) is 0.850. The highest BCUT2D eigenvalue weighted by atomic mass is 32.2. The van der Waals surface area contributed by atoms with Crippen LogP contribution >= 0.6 is 0 Å². The van der Waals surface area contributed by atoms with Crippen molar-refractivity contribution in [3.05, 3.63) is 0 Å². The normalized spacial score (nSPS) is 32.9. The molecular weight excluding hydrogens is 502 g/mol. The second-order valence-electron chi connectivity index (χ2n) is 9.31. The number of aliphatic hydroxyl groups excluding tert-OH is 1. The molecule has 0 amide bonds. The highest BCUT2D eigenvalue weighted by molar-refractivity contribution is 7.86. The van der Waals surface area contributed by atoms with E-state index in [0.717, 1.165) is 0 Å². The molecule has 1 heterocycles. The smallest absolute Gasteiger partial charge is 0.405 e. The van der Waals surface area contributed by atoms with E-state index in [1.54, 1.807) is 0 Å². The lowest BCUT2D eigenvalue weighted by atomic mass is 9.78. The average Bonchev–Trinajstić information content (AvgIpc) is 3.34. The van der Waals surface area contributed by atoms with Crippen LogP contribution in [0.15, 0.2) is 0 Å².